The summed E-state index contributed by atoms with van der Waals surface area (Å²) in [6, 6.07) is 0.484. The Morgan fingerprint density at radius 1 is 1.33 bits per heavy atom. The van der Waals surface area contributed by atoms with E-state index in [1.165, 1.54) is 25.7 Å². The summed E-state index contributed by atoms with van der Waals surface area (Å²) in [6.07, 6.45) is 4.91. The van der Waals surface area contributed by atoms with Crippen LogP contribution in [0.4, 0.5) is 11.5 Å². The largest absolute Gasteiger partial charge is 0.393 e. The Balaban J connectivity index is 2.19. The number of hydrogen-bond donors (Lipinski definition) is 2. The summed E-state index contributed by atoms with van der Waals surface area (Å²) >= 11 is 5.89. The first-order valence-electron chi connectivity index (χ1n) is 5.23. The van der Waals surface area contributed by atoms with Gasteiger partial charge in [-0.1, -0.05) is 24.4 Å². The number of anilines is 2. The number of rotatable bonds is 2. The fourth-order valence-corrected chi connectivity index (χ4v) is 2.13. The second-order valence-corrected chi connectivity index (χ2v) is 4.31. The fraction of sp³-hybridized carbons (Fsp3) is 0.600. The lowest BCUT2D eigenvalue weighted by molar-refractivity contribution is 0.749. The van der Waals surface area contributed by atoms with Gasteiger partial charge in [-0.15, -0.1) is 0 Å². The molecule has 0 bridgehead atoms. The van der Waals surface area contributed by atoms with Gasteiger partial charge >= 0.3 is 0 Å². The van der Waals surface area contributed by atoms with Crippen molar-refractivity contribution >= 4 is 23.1 Å². The van der Waals surface area contributed by atoms with Crippen molar-refractivity contribution in [3.63, 3.8) is 0 Å². The molecule has 3 N–H and O–H groups in total. The molecule has 5 heteroatoms. The zero-order valence-electron chi connectivity index (χ0n) is 8.76. The van der Waals surface area contributed by atoms with Gasteiger partial charge in [0.2, 0.25) is 0 Å². The second-order valence-electron chi connectivity index (χ2n) is 3.95. The number of hydrogen-bond acceptors (Lipinski definition) is 4. The van der Waals surface area contributed by atoms with E-state index in [0.29, 0.717) is 28.5 Å². The number of nitrogens with zero attached hydrogens (tertiary/aromatic N) is 2. The molecule has 0 atom stereocenters. The van der Waals surface area contributed by atoms with Gasteiger partial charge in [0.05, 0.1) is 0 Å². The van der Waals surface area contributed by atoms with Gasteiger partial charge in [0, 0.05) is 6.04 Å². The van der Waals surface area contributed by atoms with Crippen molar-refractivity contribution in [1.82, 2.24) is 9.97 Å². The molecule has 1 heterocycles. The van der Waals surface area contributed by atoms with Crippen LogP contribution in [0.5, 0.6) is 0 Å². The van der Waals surface area contributed by atoms with E-state index in [1.807, 2.05) is 6.92 Å². The van der Waals surface area contributed by atoms with Crippen molar-refractivity contribution < 1.29 is 0 Å². The third-order valence-corrected chi connectivity index (χ3v) is 3.00. The minimum Gasteiger partial charge on any atom is -0.393 e. The minimum atomic E-state index is 0.336. The molecule has 4 nitrogen and oxygen atoms in total. The van der Waals surface area contributed by atoms with Gasteiger partial charge in [-0.2, -0.15) is 0 Å². The third-order valence-electron chi connectivity index (χ3n) is 2.71. The predicted octanol–water partition coefficient (Wildman–Crippen LogP) is 2.38. The molecule has 1 aromatic rings. The van der Waals surface area contributed by atoms with E-state index in [2.05, 4.69) is 15.3 Å². The van der Waals surface area contributed by atoms with Crippen LogP contribution in [0.3, 0.4) is 0 Å². The van der Waals surface area contributed by atoms with Gasteiger partial charge in [-0.3, -0.25) is 0 Å². The Morgan fingerprint density at radius 3 is 2.67 bits per heavy atom. The number of aryl methyl sites for hydroxylation is 1. The molecule has 0 saturated heterocycles. The zero-order chi connectivity index (χ0) is 10.8. The average Bonchev–Trinajstić information content (AvgIpc) is 2.66. The summed E-state index contributed by atoms with van der Waals surface area (Å²) in [5.41, 5.74) is 6.26. The average molecular weight is 227 g/mol. The number of nitrogens with one attached hydrogen (secondary N) is 1. The van der Waals surface area contributed by atoms with Crippen LogP contribution < -0.4 is 11.1 Å². The second kappa shape index (κ2) is 4.23. The van der Waals surface area contributed by atoms with Crippen LogP contribution in [0.15, 0.2) is 0 Å². The van der Waals surface area contributed by atoms with Gasteiger partial charge in [0.15, 0.2) is 11.0 Å². The topological polar surface area (TPSA) is 63.8 Å². The molecule has 15 heavy (non-hydrogen) atoms. The molecule has 0 aliphatic heterocycles. The Kier molecular flexibility index (Phi) is 2.95. The standard InChI is InChI=1S/C10H15ClN4/c1-6-13-9(11)8(12)10(14-6)15-7-4-2-3-5-7/h7H,2-5,12H2,1H3,(H,13,14,15). The summed E-state index contributed by atoms with van der Waals surface area (Å²) in [5.74, 6) is 1.33. The Hall–Kier alpha value is -1.03. The fourth-order valence-electron chi connectivity index (χ4n) is 1.92. The van der Waals surface area contributed by atoms with Crippen LogP contribution in [0, 0.1) is 6.92 Å². The third kappa shape index (κ3) is 2.31. The van der Waals surface area contributed by atoms with Crippen LogP contribution in [0.25, 0.3) is 0 Å². The molecule has 1 aliphatic rings. The molecule has 0 radical (unpaired) electrons. The number of halogens is 1. The summed E-state index contributed by atoms with van der Waals surface area (Å²) in [5, 5.41) is 3.67. The first kappa shape index (κ1) is 10.5. The van der Waals surface area contributed by atoms with Gasteiger partial charge in [0.25, 0.3) is 0 Å². The summed E-state index contributed by atoms with van der Waals surface area (Å²) in [7, 11) is 0. The van der Waals surface area contributed by atoms with Crippen molar-refractivity contribution in [2.24, 2.45) is 0 Å². The van der Waals surface area contributed by atoms with E-state index in [-0.39, 0.29) is 0 Å². The summed E-state index contributed by atoms with van der Waals surface area (Å²) < 4.78 is 0. The first-order chi connectivity index (χ1) is 7.16. The maximum Gasteiger partial charge on any atom is 0.157 e. The lowest BCUT2D eigenvalue weighted by atomic mass is 10.2. The van der Waals surface area contributed by atoms with Crippen molar-refractivity contribution in [3.8, 4) is 0 Å². The summed E-state index contributed by atoms with van der Waals surface area (Å²) in [6.45, 7) is 1.81. The highest BCUT2D eigenvalue weighted by Crippen LogP contribution is 2.27. The SMILES string of the molecule is Cc1nc(Cl)c(N)c(NC2CCCC2)n1. The van der Waals surface area contributed by atoms with Crippen LogP contribution in [-0.4, -0.2) is 16.0 Å². The lowest BCUT2D eigenvalue weighted by Crippen LogP contribution is -2.17. The van der Waals surface area contributed by atoms with Gasteiger partial charge < -0.3 is 11.1 Å². The van der Waals surface area contributed by atoms with E-state index in [4.69, 9.17) is 17.3 Å². The monoisotopic (exact) mass is 226 g/mol. The molecular weight excluding hydrogens is 212 g/mol. The number of nitrogen functional groups attached to an aromatic ring is 1. The maximum atomic E-state index is 5.89. The van der Waals surface area contributed by atoms with Crippen molar-refractivity contribution in [3.05, 3.63) is 11.0 Å². The minimum absolute atomic E-state index is 0.336. The van der Waals surface area contributed by atoms with E-state index in [9.17, 15) is 0 Å². The van der Waals surface area contributed by atoms with E-state index in [0.717, 1.165) is 0 Å². The molecule has 1 aromatic heterocycles. The number of aromatic nitrogens is 2. The van der Waals surface area contributed by atoms with E-state index >= 15 is 0 Å². The molecule has 2 rings (SSSR count). The van der Waals surface area contributed by atoms with Crippen molar-refractivity contribution in [1.29, 1.82) is 0 Å². The first-order valence-corrected chi connectivity index (χ1v) is 5.61. The van der Waals surface area contributed by atoms with Gasteiger partial charge in [-0.25, -0.2) is 9.97 Å². The maximum absolute atomic E-state index is 5.89. The van der Waals surface area contributed by atoms with Crippen molar-refractivity contribution in [2.45, 2.75) is 38.6 Å². The zero-order valence-corrected chi connectivity index (χ0v) is 9.51. The molecule has 82 valence electrons. The highest BCUT2D eigenvalue weighted by Gasteiger charge is 2.17. The lowest BCUT2D eigenvalue weighted by Gasteiger charge is -2.15. The summed E-state index contributed by atoms with van der Waals surface area (Å²) in [4.78, 5) is 8.26. The van der Waals surface area contributed by atoms with Gasteiger partial charge in [0.1, 0.15) is 11.5 Å². The highest BCUT2D eigenvalue weighted by atomic mass is 35.5. The Morgan fingerprint density at radius 2 is 2.00 bits per heavy atom. The van der Waals surface area contributed by atoms with Crippen molar-refractivity contribution in [2.75, 3.05) is 11.1 Å². The quantitative estimate of drug-likeness (QED) is 0.760. The highest BCUT2D eigenvalue weighted by molar-refractivity contribution is 6.32. The van der Waals surface area contributed by atoms with Gasteiger partial charge in [-0.05, 0) is 19.8 Å². The normalized spacial score (nSPS) is 16.9. The Bertz CT molecular complexity index is 361. The molecule has 0 aromatic carbocycles. The molecule has 0 amide bonds. The van der Waals surface area contributed by atoms with Crippen LogP contribution >= 0.6 is 11.6 Å². The van der Waals surface area contributed by atoms with Crippen LogP contribution in [-0.2, 0) is 0 Å². The van der Waals surface area contributed by atoms with Crippen LogP contribution in [0.2, 0.25) is 5.15 Å². The molecule has 1 saturated carbocycles. The molecular formula is C10H15ClN4. The molecule has 1 fully saturated rings. The number of nitrogens with two attached hydrogens (primary N) is 1. The predicted molar refractivity (Wildman–Crippen MR) is 62.1 cm³/mol. The smallest absolute Gasteiger partial charge is 0.157 e. The molecule has 1 aliphatic carbocycles. The molecule has 0 unspecified atom stereocenters. The van der Waals surface area contributed by atoms with E-state index < -0.39 is 0 Å². The van der Waals surface area contributed by atoms with E-state index in [1.54, 1.807) is 0 Å². The Labute approximate surface area is 94.2 Å². The van der Waals surface area contributed by atoms with Crippen LogP contribution in [0.1, 0.15) is 31.5 Å². The molecule has 0 spiro atoms.